The Morgan fingerprint density at radius 3 is 2.47 bits per heavy atom. The molecule has 0 aliphatic heterocycles. The molecule has 3 nitrogen and oxygen atoms in total. The Labute approximate surface area is 93.8 Å². The topological polar surface area (TPSA) is 47.3 Å². The maximum absolute atomic E-state index is 5.95. The standard InChI is InChI=1S/C12H26N2O/c1-6-15-10-7-9(12(10,4)5)14-8-11(2,3)13/h9-10,14H,6-8,13H2,1-5H3. The molecule has 0 aromatic heterocycles. The lowest BCUT2D eigenvalue weighted by Gasteiger charge is -2.52. The highest BCUT2D eigenvalue weighted by atomic mass is 16.5. The molecule has 1 fully saturated rings. The van der Waals surface area contributed by atoms with Gasteiger partial charge in [0.2, 0.25) is 0 Å². The Hall–Kier alpha value is -0.120. The second-order valence-electron chi connectivity index (χ2n) is 5.92. The molecule has 0 heterocycles. The van der Waals surface area contributed by atoms with Crippen molar-refractivity contribution in [3.05, 3.63) is 0 Å². The van der Waals surface area contributed by atoms with Gasteiger partial charge in [-0.05, 0) is 27.2 Å². The molecule has 90 valence electrons. The molecule has 0 aromatic carbocycles. The van der Waals surface area contributed by atoms with Crippen molar-refractivity contribution >= 4 is 0 Å². The highest BCUT2D eigenvalue weighted by Crippen LogP contribution is 2.42. The van der Waals surface area contributed by atoms with Crippen molar-refractivity contribution in [2.75, 3.05) is 13.2 Å². The van der Waals surface area contributed by atoms with Crippen molar-refractivity contribution in [3.63, 3.8) is 0 Å². The van der Waals surface area contributed by atoms with Crippen molar-refractivity contribution in [2.24, 2.45) is 11.1 Å². The molecule has 0 radical (unpaired) electrons. The van der Waals surface area contributed by atoms with E-state index in [1.54, 1.807) is 0 Å². The summed E-state index contributed by atoms with van der Waals surface area (Å²) in [6, 6.07) is 0.539. The van der Waals surface area contributed by atoms with E-state index in [1.807, 2.05) is 13.8 Å². The fourth-order valence-corrected chi connectivity index (χ4v) is 2.10. The number of hydrogen-bond acceptors (Lipinski definition) is 3. The molecule has 0 aromatic rings. The summed E-state index contributed by atoms with van der Waals surface area (Å²) in [6.45, 7) is 12.3. The summed E-state index contributed by atoms with van der Waals surface area (Å²) in [5.74, 6) is 0. The van der Waals surface area contributed by atoms with E-state index in [-0.39, 0.29) is 11.0 Å². The van der Waals surface area contributed by atoms with E-state index in [0.717, 1.165) is 19.6 Å². The van der Waals surface area contributed by atoms with Crippen molar-refractivity contribution < 1.29 is 4.74 Å². The fourth-order valence-electron chi connectivity index (χ4n) is 2.10. The molecule has 3 heteroatoms. The third-order valence-electron chi connectivity index (χ3n) is 3.35. The molecule has 1 rings (SSSR count). The first kappa shape index (κ1) is 12.9. The average molecular weight is 214 g/mol. The van der Waals surface area contributed by atoms with Crippen molar-refractivity contribution in [3.8, 4) is 0 Å². The van der Waals surface area contributed by atoms with Crippen LogP contribution in [0.2, 0.25) is 0 Å². The molecule has 1 aliphatic rings. The van der Waals surface area contributed by atoms with E-state index in [1.165, 1.54) is 0 Å². The number of ether oxygens (including phenoxy) is 1. The van der Waals surface area contributed by atoms with Crippen LogP contribution >= 0.6 is 0 Å². The Kier molecular flexibility index (Phi) is 3.80. The smallest absolute Gasteiger partial charge is 0.0655 e. The zero-order chi connectivity index (χ0) is 11.7. The van der Waals surface area contributed by atoms with E-state index in [2.05, 4.69) is 26.1 Å². The van der Waals surface area contributed by atoms with Crippen molar-refractivity contribution in [1.82, 2.24) is 5.32 Å². The minimum atomic E-state index is -0.132. The summed E-state index contributed by atoms with van der Waals surface area (Å²) in [4.78, 5) is 0. The summed E-state index contributed by atoms with van der Waals surface area (Å²) >= 11 is 0. The van der Waals surface area contributed by atoms with Gasteiger partial charge in [-0.3, -0.25) is 0 Å². The summed E-state index contributed by atoms with van der Waals surface area (Å²) in [6.07, 6.45) is 1.51. The molecule has 2 atom stereocenters. The van der Waals surface area contributed by atoms with E-state index in [0.29, 0.717) is 12.1 Å². The van der Waals surface area contributed by atoms with Gasteiger partial charge < -0.3 is 15.8 Å². The fraction of sp³-hybridized carbons (Fsp3) is 1.00. The van der Waals surface area contributed by atoms with Crippen molar-refractivity contribution in [2.45, 2.75) is 58.7 Å². The summed E-state index contributed by atoms with van der Waals surface area (Å²) in [7, 11) is 0. The largest absolute Gasteiger partial charge is 0.378 e. The summed E-state index contributed by atoms with van der Waals surface area (Å²) < 4.78 is 5.68. The SMILES string of the molecule is CCOC1CC(NCC(C)(C)N)C1(C)C. The average Bonchev–Trinajstić information content (AvgIpc) is 2.08. The van der Waals surface area contributed by atoms with Crippen LogP contribution in [0.15, 0.2) is 0 Å². The molecule has 0 bridgehead atoms. The molecule has 0 saturated heterocycles. The molecule has 1 aliphatic carbocycles. The van der Waals surface area contributed by atoms with Gasteiger partial charge in [0.15, 0.2) is 0 Å². The van der Waals surface area contributed by atoms with Gasteiger partial charge >= 0.3 is 0 Å². The van der Waals surface area contributed by atoms with Gasteiger partial charge in [0.25, 0.3) is 0 Å². The van der Waals surface area contributed by atoms with E-state index < -0.39 is 0 Å². The van der Waals surface area contributed by atoms with Crippen LogP contribution in [0.5, 0.6) is 0 Å². The minimum Gasteiger partial charge on any atom is -0.378 e. The second kappa shape index (κ2) is 4.40. The van der Waals surface area contributed by atoms with Crippen LogP contribution in [-0.2, 0) is 4.74 Å². The second-order valence-corrected chi connectivity index (χ2v) is 5.92. The molecule has 1 saturated carbocycles. The maximum Gasteiger partial charge on any atom is 0.0655 e. The number of nitrogens with one attached hydrogen (secondary N) is 1. The predicted molar refractivity (Wildman–Crippen MR) is 63.9 cm³/mol. The third-order valence-corrected chi connectivity index (χ3v) is 3.35. The van der Waals surface area contributed by atoms with Gasteiger partial charge in [-0.25, -0.2) is 0 Å². The van der Waals surface area contributed by atoms with Gasteiger partial charge in [-0.1, -0.05) is 13.8 Å². The first-order valence-corrected chi connectivity index (χ1v) is 5.91. The zero-order valence-corrected chi connectivity index (χ0v) is 10.8. The quantitative estimate of drug-likeness (QED) is 0.729. The normalized spacial score (nSPS) is 30.0. The van der Waals surface area contributed by atoms with Gasteiger partial charge in [0.05, 0.1) is 6.10 Å². The van der Waals surface area contributed by atoms with E-state index >= 15 is 0 Å². The lowest BCUT2D eigenvalue weighted by molar-refractivity contribution is -0.114. The lowest BCUT2D eigenvalue weighted by Crippen LogP contribution is -2.63. The number of nitrogens with two attached hydrogens (primary N) is 1. The molecular formula is C12H26N2O. The Morgan fingerprint density at radius 2 is 2.07 bits per heavy atom. The van der Waals surface area contributed by atoms with E-state index in [4.69, 9.17) is 10.5 Å². The highest BCUT2D eigenvalue weighted by molar-refractivity contribution is 5.03. The van der Waals surface area contributed by atoms with Crippen LogP contribution in [0.1, 0.15) is 41.0 Å². The predicted octanol–water partition coefficient (Wildman–Crippen LogP) is 1.52. The third kappa shape index (κ3) is 3.16. The molecule has 15 heavy (non-hydrogen) atoms. The molecular weight excluding hydrogens is 188 g/mol. The number of hydrogen-bond donors (Lipinski definition) is 2. The van der Waals surface area contributed by atoms with Crippen LogP contribution in [0, 0.1) is 5.41 Å². The molecule has 0 amide bonds. The van der Waals surface area contributed by atoms with E-state index in [9.17, 15) is 0 Å². The Bertz CT molecular complexity index is 208. The van der Waals surface area contributed by atoms with Gasteiger partial charge in [-0.2, -0.15) is 0 Å². The zero-order valence-electron chi connectivity index (χ0n) is 10.8. The van der Waals surface area contributed by atoms with Crippen LogP contribution in [0.3, 0.4) is 0 Å². The maximum atomic E-state index is 5.95. The van der Waals surface area contributed by atoms with Gasteiger partial charge in [-0.15, -0.1) is 0 Å². The van der Waals surface area contributed by atoms with Gasteiger partial charge in [0, 0.05) is 30.1 Å². The summed E-state index contributed by atoms with van der Waals surface area (Å²) in [5, 5.41) is 3.53. The first-order chi connectivity index (χ1) is 6.77. The molecule has 3 N–H and O–H groups in total. The van der Waals surface area contributed by atoms with Crippen LogP contribution in [0.4, 0.5) is 0 Å². The Morgan fingerprint density at radius 1 is 1.47 bits per heavy atom. The van der Waals surface area contributed by atoms with Gasteiger partial charge in [0.1, 0.15) is 0 Å². The van der Waals surface area contributed by atoms with Crippen LogP contribution in [-0.4, -0.2) is 30.8 Å². The molecule has 2 unspecified atom stereocenters. The minimum absolute atomic E-state index is 0.132. The summed E-state index contributed by atoms with van der Waals surface area (Å²) in [5.41, 5.74) is 6.06. The monoisotopic (exact) mass is 214 g/mol. The lowest BCUT2D eigenvalue weighted by atomic mass is 9.64. The first-order valence-electron chi connectivity index (χ1n) is 5.91. The van der Waals surface area contributed by atoms with Crippen LogP contribution < -0.4 is 11.1 Å². The Balaban J connectivity index is 2.35. The number of rotatable bonds is 5. The van der Waals surface area contributed by atoms with Crippen molar-refractivity contribution in [1.29, 1.82) is 0 Å². The highest BCUT2D eigenvalue weighted by Gasteiger charge is 2.48. The van der Waals surface area contributed by atoms with Crippen LogP contribution in [0.25, 0.3) is 0 Å². The molecule has 0 spiro atoms.